The van der Waals surface area contributed by atoms with Gasteiger partial charge in [0.2, 0.25) is 5.91 Å². The van der Waals surface area contributed by atoms with Gasteiger partial charge in [0, 0.05) is 30.1 Å². The number of rotatable bonds is 8. The Morgan fingerprint density at radius 2 is 2.10 bits per heavy atom. The first-order valence-corrected chi connectivity index (χ1v) is 6.87. The molecule has 0 aliphatic heterocycles. The Hall–Kier alpha value is -2.34. The average Bonchev–Trinajstić information content (AvgIpc) is 2.85. The van der Waals surface area contributed by atoms with Crippen LogP contribution in [0.25, 0.3) is 10.9 Å². The summed E-state index contributed by atoms with van der Waals surface area (Å²) in [6, 6.07) is 7.22. The second-order valence-corrected chi connectivity index (χ2v) is 4.96. The minimum atomic E-state index is -0.963. The third-order valence-electron chi connectivity index (χ3n) is 3.44. The van der Waals surface area contributed by atoms with Gasteiger partial charge < -0.3 is 21.1 Å². The van der Waals surface area contributed by atoms with Crippen LogP contribution in [0.1, 0.15) is 18.4 Å². The van der Waals surface area contributed by atoms with Gasteiger partial charge in [0.15, 0.2) is 0 Å². The van der Waals surface area contributed by atoms with Gasteiger partial charge >= 0.3 is 5.97 Å². The van der Waals surface area contributed by atoms with E-state index in [1.165, 1.54) is 0 Å². The molecule has 21 heavy (non-hydrogen) atoms. The number of nitrogens with one attached hydrogen (secondary N) is 2. The summed E-state index contributed by atoms with van der Waals surface area (Å²) in [5, 5.41) is 13.2. The molecule has 6 heteroatoms. The summed E-state index contributed by atoms with van der Waals surface area (Å²) in [4.78, 5) is 25.0. The van der Waals surface area contributed by atoms with Gasteiger partial charge in [-0.25, -0.2) is 0 Å². The van der Waals surface area contributed by atoms with Crippen LogP contribution in [0.5, 0.6) is 0 Å². The third kappa shape index (κ3) is 4.06. The maximum Gasteiger partial charge on any atom is 0.320 e. The van der Waals surface area contributed by atoms with Crippen molar-refractivity contribution in [1.82, 2.24) is 10.3 Å². The quantitative estimate of drug-likeness (QED) is 0.581. The number of carbonyl (C=O) groups is 2. The summed E-state index contributed by atoms with van der Waals surface area (Å²) >= 11 is 0. The first-order chi connectivity index (χ1) is 10.1. The lowest BCUT2D eigenvalue weighted by Crippen LogP contribution is -2.38. The van der Waals surface area contributed by atoms with E-state index in [9.17, 15) is 9.59 Å². The standard InChI is InChI=1S/C15H19N3O3/c16-14(19)6-5-13(15(20)21)17-8-7-10-9-18-12-4-2-1-3-11(10)12/h1-4,9,13,17-18H,5-8H2,(H2,16,19)(H,20,21). The van der Waals surface area contributed by atoms with Crippen molar-refractivity contribution in [1.29, 1.82) is 0 Å². The Balaban J connectivity index is 1.90. The molecule has 0 saturated heterocycles. The Kier molecular flexibility index (Phi) is 4.94. The number of nitrogens with two attached hydrogens (primary N) is 1. The molecule has 1 atom stereocenters. The first kappa shape index (κ1) is 15.1. The van der Waals surface area contributed by atoms with Crippen molar-refractivity contribution in [3.63, 3.8) is 0 Å². The van der Waals surface area contributed by atoms with Crippen LogP contribution < -0.4 is 11.1 Å². The summed E-state index contributed by atoms with van der Waals surface area (Å²) in [6.07, 6.45) is 2.92. The number of benzene rings is 1. The maximum atomic E-state index is 11.1. The highest BCUT2D eigenvalue weighted by Gasteiger charge is 2.17. The largest absolute Gasteiger partial charge is 0.480 e. The van der Waals surface area contributed by atoms with Gasteiger partial charge in [0.1, 0.15) is 6.04 Å². The van der Waals surface area contributed by atoms with E-state index in [-0.39, 0.29) is 12.8 Å². The minimum Gasteiger partial charge on any atom is -0.480 e. The van der Waals surface area contributed by atoms with Gasteiger partial charge in [0.25, 0.3) is 0 Å². The molecular weight excluding hydrogens is 270 g/mol. The number of aliphatic carboxylic acids is 1. The molecule has 6 nitrogen and oxygen atoms in total. The van der Waals surface area contributed by atoms with Gasteiger partial charge in [-0.3, -0.25) is 9.59 Å². The molecular formula is C15H19N3O3. The highest BCUT2D eigenvalue weighted by atomic mass is 16.4. The number of H-pyrrole nitrogens is 1. The topological polar surface area (TPSA) is 108 Å². The highest BCUT2D eigenvalue weighted by molar-refractivity contribution is 5.83. The van der Waals surface area contributed by atoms with Crippen molar-refractivity contribution in [3.8, 4) is 0 Å². The molecule has 0 aliphatic rings. The van der Waals surface area contributed by atoms with Gasteiger partial charge in [-0.1, -0.05) is 18.2 Å². The van der Waals surface area contributed by atoms with Gasteiger partial charge in [-0.15, -0.1) is 0 Å². The van der Waals surface area contributed by atoms with E-state index in [0.29, 0.717) is 13.0 Å². The molecule has 0 bridgehead atoms. The Morgan fingerprint density at radius 1 is 1.33 bits per heavy atom. The highest BCUT2D eigenvalue weighted by Crippen LogP contribution is 2.17. The van der Waals surface area contributed by atoms with E-state index in [2.05, 4.69) is 10.3 Å². The molecule has 2 rings (SSSR count). The zero-order valence-electron chi connectivity index (χ0n) is 11.6. The predicted molar refractivity (Wildman–Crippen MR) is 79.9 cm³/mol. The predicted octanol–water partition coefficient (Wildman–Crippen LogP) is 1.02. The molecule has 1 aromatic carbocycles. The number of hydrogen-bond acceptors (Lipinski definition) is 3. The van der Waals surface area contributed by atoms with Gasteiger partial charge in [0.05, 0.1) is 0 Å². The number of fused-ring (bicyclic) bond motifs is 1. The van der Waals surface area contributed by atoms with Gasteiger partial charge in [-0.05, 0) is 24.5 Å². The van der Waals surface area contributed by atoms with Crippen molar-refractivity contribution < 1.29 is 14.7 Å². The molecule has 0 saturated carbocycles. The molecule has 0 aliphatic carbocycles. The van der Waals surface area contributed by atoms with Crippen LogP contribution >= 0.6 is 0 Å². The van der Waals surface area contributed by atoms with Crippen LogP contribution in [-0.4, -0.2) is 34.6 Å². The zero-order chi connectivity index (χ0) is 15.2. The Labute approximate surface area is 122 Å². The maximum absolute atomic E-state index is 11.1. The fourth-order valence-electron chi connectivity index (χ4n) is 2.32. The first-order valence-electron chi connectivity index (χ1n) is 6.87. The SMILES string of the molecule is NC(=O)CCC(NCCc1c[nH]c2ccccc12)C(=O)O. The van der Waals surface area contributed by atoms with E-state index in [0.717, 1.165) is 16.5 Å². The minimum absolute atomic E-state index is 0.0665. The van der Waals surface area contributed by atoms with Gasteiger partial charge in [-0.2, -0.15) is 0 Å². The van der Waals surface area contributed by atoms with E-state index in [1.807, 2.05) is 30.5 Å². The fraction of sp³-hybridized carbons (Fsp3) is 0.333. The summed E-state index contributed by atoms with van der Waals surface area (Å²) in [5.74, 6) is -1.45. The molecule has 0 radical (unpaired) electrons. The van der Waals surface area contributed by atoms with Crippen molar-refractivity contribution in [2.24, 2.45) is 5.73 Å². The molecule has 2 aromatic rings. The number of aromatic amines is 1. The van der Waals surface area contributed by atoms with Crippen LogP contribution in [0.3, 0.4) is 0 Å². The summed E-state index contributed by atoms with van der Waals surface area (Å²) < 4.78 is 0. The van der Waals surface area contributed by atoms with Crippen LogP contribution in [0.4, 0.5) is 0 Å². The lowest BCUT2D eigenvalue weighted by molar-refractivity contribution is -0.139. The third-order valence-corrected chi connectivity index (χ3v) is 3.44. The van der Waals surface area contributed by atoms with Crippen LogP contribution in [0, 0.1) is 0 Å². The fourth-order valence-corrected chi connectivity index (χ4v) is 2.32. The van der Waals surface area contributed by atoms with Crippen LogP contribution in [0.2, 0.25) is 0 Å². The number of carboxylic acids is 1. The molecule has 1 amide bonds. The molecule has 1 unspecified atom stereocenters. The number of carbonyl (C=O) groups excluding carboxylic acids is 1. The number of para-hydroxylation sites is 1. The number of primary amides is 1. The Morgan fingerprint density at radius 3 is 2.81 bits per heavy atom. The molecule has 1 aromatic heterocycles. The van der Waals surface area contributed by atoms with Crippen molar-refractivity contribution in [2.45, 2.75) is 25.3 Å². The van der Waals surface area contributed by atoms with E-state index >= 15 is 0 Å². The molecule has 0 spiro atoms. The number of hydrogen-bond donors (Lipinski definition) is 4. The van der Waals surface area contributed by atoms with Crippen LogP contribution in [0.15, 0.2) is 30.5 Å². The van der Waals surface area contributed by atoms with E-state index < -0.39 is 17.9 Å². The summed E-state index contributed by atoms with van der Waals surface area (Å²) in [6.45, 7) is 0.525. The second-order valence-electron chi connectivity index (χ2n) is 4.96. The second kappa shape index (κ2) is 6.90. The van der Waals surface area contributed by atoms with Crippen LogP contribution in [-0.2, 0) is 16.0 Å². The summed E-state index contributed by atoms with van der Waals surface area (Å²) in [7, 11) is 0. The van der Waals surface area contributed by atoms with Crippen molar-refractivity contribution >= 4 is 22.8 Å². The molecule has 112 valence electrons. The molecule has 1 heterocycles. The molecule has 5 N–H and O–H groups in total. The monoisotopic (exact) mass is 289 g/mol. The number of aromatic nitrogens is 1. The normalized spacial score (nSPS) is 12.4. The van der Waals surface area contributed by atoms with Crippen molar-refractivity contribution in [2.75, 3.05) is 6.54 Å². The zero-order valence-corrected chi connectivity index (χ0v) is 11.6. The summed E-state index contributed by atoms with van der Waals surface area (Å²) in [5.41, 5.74) is 7.25. The smallest absolute Gasteiger partial charge is 0.320 e. The number of amides is 1. The lowest BCUT2D eigenvalue weighted by Gasteiger charge is -2.13. The van der Waals surface area contributed by atoms with E-state index in [4.69, 9.17) is 10.8 Å². The molecule has 0 fully saturated rings. The van der Waals surface area contributed by atoms with Crippen molar-refractivity contribution in [3.05, 3.63) is 36.0 Å². The average molecular weight is 289 g/mol. The lowest BCUT2D eigenvalue weighted by atomic mass is 10.1. The number of carboxylic acid groups (broad SMARTS) is 1. The Bertz CT molecular complexity index is 636. The van der Waals surface area contributed by atoms with E-state index in [1.54, 1.807) is 0 Å².